The first-order valence-corrected chi connectivity index (χ1v) is 29.5. The number of alkyl halides is 3. The molecule has 6 aromatic rings. The molecule has 9 amide bonds. The van der Waals surface area contributed by atoms with E-state index in [-0.39, 0.29) is 99.7 Å². The van der Waals surface area contributed by atoms with Crippen LogP contribution in [0, 0.1) is 40.1 Å². The van der Waals surface area contributed by atoms with Crippen molar-refractivity contribution in [2.45, 2.75) is 122 Å². The van der Waals surface area contributed by atoms with E-state index in [4.69, 9.17) is 25.0 Å². The Morgan fingerprint density at radius 2 is 0.821 bits per heavy atom. The van der Waals surface area contributed by atoms with Gasteiger partial charge in [0.25, 0.3) is 17.7 Å². The molecular formula is C60H63F6N17O12. The first kappa shape index (κ1) is 67.7. The van der Waals surface area contributed by atoms with Crippen molar-refractivity contribution in [3.63, 3.8) is 0 Å². The number of benzene rings is 3. The number of halogens is 6. The van der Waals surface area contributed by atoms with Crippen LogP contribution < -0.4 is 16.0 Å². The van der Waals surface area contributed by atoms with Gasteiger partial charge < -0.3 is 46.0 Å². The van der Waals surface area contributed by atoms with Gasteiger partial charge in [0.05, 0.1) is 92.9 Å². The highest BCUT2D eigenvalue weighted by Gasteiger charge is 2.42. The monoisotopic (exact) mass is 1330 g/mol. The maximum Gasteiger partial charge on any atom is 0.419 e. The highest BCUT2D eigenvalue weighted by Crippen LogP contribution is 2.36. The number of anilines is 3. The predicted molar refractivity (Wildman–Crippen MR) is 316 cm³/mol. The van der Waals surface area contributed by atoms with E-state index >= 15 is 0 Å². The number of nitriles is 2. The molecule has 12 rings (SSSR count). The molecule has 9 heterocycles. The number of aromatic nitrogens is 6. The van der Waals surface area contributed by atoms with E-state index in [1.165, 1.54) is 64.4 Å². The summed E-state index contributed by atoms with van der Waals surface area (Å²) < 4.78 is 84.1. The third-order valence-electron chi connectivity index (χ3n) is 16.6. The van der Waals surface area contributed by atoms with Gasteiger partial charge in [-0.3, -0.25) is 42.9 Å². The zero-order chi connectivity index (χ0) is 68.6. The normalized spacial score (nSPS) is 20.7. The number of amides is 9. The Morgan fingerprint density at radius 3 is 1.11 bits per heavy atom. The number of aliphatic hydroxyl groups is 3. The summed E-state index contributed by atoms with van der Waals surface area (Å²) in [4.78, 5) is 98.0. The minimum Gasteiger partial charge on any atom is -0.393 e. The molecule has 6 aliphatic heterocycles. The van der Waals surface area contributed by atoms with Gasteiger partial charge in [0.15, 0.2) is 0 Å². The van der Waals surface area contributed by atoms with Crippen molar-refractivity contribution in [3.8, 4) is 12.1 Å². The van der Waals surface area contributed by atoms with E-state index in [1.54, 1.807) is 28.9 Å². The van der Waals surface area contributed by atoms with Crippen LogP contribution in [-0.4, -0.2) is 188 Å². The number of carbonyl (C=O) groups is 6. The maximum atomic E-state index is 13.6. The van der Waals surface area contributed by atoms with Crippen LogP contribution in [0.5, 0.6) is 0 Å². The summed E-state index contributed by atoms with van der Waals surface area (Å²) in [7, 11) is 4.34. The third kappa shape index (κ3) is 13.9. The van der Waals surface area contributed by atoms with Crippen LogP contribution in [0.1, 0.15) is 103 Å². The first-order valence-electron chi connectivity index (χ1n) is 29.5. The van der Waals surface area contributed by atoms with E-state index in [0.717, 1.165) is 44.8 Å². The lowest BCUT2D eigenvalue weighted by Gasteiger charge is -2.33. The van der Waals surface area contributed by atoms with Crippen molar-refractivity contribution in [1.82, 2.24) is 59.2 Å². The summed E-state index contributed by atoms with van der Waals surface area (Å²) in [6.07, 6.45) is -5.62. The van der Waals surface area contributed by atoms with Gasteiger partial charge in [0.2, 0.25) is 0 Å². The van der Waals surface area contributed by atoms with Crippen LogP contribution in [0.25, 0.3) is 0 Å². The van der Waals surface area contributed by atoms with Gasteiger partial charge in [-0.1, -0.05) is 0 Å². The number of aliphatic hydroxyl groups excluding tert-OH is 3. The van der Waals surface area contributed by atoms with E-state index in [0.29, 0.717) is 76.5 Å². The summed E-state index contributed by atoms with van der Waals surface area (Å²) in [5, 5.41) is 70.9. The van der Waals surface area contributed by atoms with Crippen molar-refractivity contribution in [2.75, 3.05) is 56.9 Å². The molecule has 0 radical (unpaired) electrons. The van der Waals surface area contributed by atoms with Gasteiger partial charge in [-0.25, -0.2) is 42.7 Å². The number of hydrogen-bond donors (Lipinski definition) is 6. The van der Waals surface area contributed by atoms with E-state index in [1.807, 2.05) is 13.8 Å². The van der Waals surface area contributed by atoms with E-state index < -0.39 is 83.3 Å². The Bertz CT molecular complexity index is 3940. The Kier molecular flexibility index (Phi) is 19.5. The summed E-state index contributed by atoms with van der Waals surface area (Å²) in [5.41, 5.74) is 3.25. The molecule has 0 saturated heterocycles. The Labute approximate surface area is 536 Å². The van der Waals surface area contributed by atoms with Gasteiger partial charge in [-0.05, 0) is 75.4 Å². The lowest BCUT2D eigenvalue weighted by molar-refractivity contribution is -0.159. The molecule has 6 N–H and O–H groups in total. The second-order valence-electron chi connectivity index (χ2n) is 23.1. The number of nitrogens with zero attached hydrogens (tertiary/aromatic N) is 14. The van der Waals surface area contributed by atoms with Crippen LogP contribution in [0.15, 0.2) is 54.6 Å². The summed E-state index contributed by atoms with van der Waals surface area (Å²) in [6, 6.07) is 10.9. The van der Waals surface area contributed by atoms with Crippen molar-refractivity contribution in [1.29, 1.82) is 10.5 Å². The lowest BCUT2D eigenvalue weighted by atomic mass is 9.99. The molecule has 35 heteroatoms. The summed E-state index contributed by atoms with van der Waals surface area (Å²) >= 11 is 0. The number of carbonyl (C=O) groups excluding carboxylic acids is 6. The smallest absolute Gasteiger partial charge is 0.393 e. The second kappa shape index (κ2) is 27.4. The molecule has 29 nitrogen and oxygen atoms in total. The molecule has 3 aromatic heterocycles. The van der Waals surface area contributed by atoms with Crippen molar-refractivity contribution >= 4 is 52.9 Å². The lowest BCUT2D eigenvalue weighted by Crippen LogP contribution is -2.45. The quantitative estimate of drug-likeness (QED) is 0.121. The summed E-state index contributed by atoms with van der Waals surface area (Å²) in [6.45, 7) is 5.43. The fourth-order valence-electron chi connectivity index (χ4n) is 11.7. The van der Waals surface area contributed by atoms with Crippen molar-refractivity contribution < 1.29 is 84.9 Å². The highest BCUT2D eigenvalue weighted by atomic mass is 19.4. The zero-order valence-electron chi connectivity index (χ0n) is 51.7. The van der Waals surface area contributed by atoms with E-state index in [9.17, 15) is 70.4 Å². The van der Waals surface area contributed by atoms with Crippen LogP contribution in [0.2, 0.25) is 0 Å². The largest absolute Gasteiger partial charge is 0.419 e. The molecule has 0 bridgehead atoms. The average molecular weight is 1330 g/mol. The molecule has 0 saturated carbocycles. The molecule has 0 unspecified atom stereocenters. The second-order valence-corrected chi connectivity index (χ2v) is 23.1. The molecule has 6 aliphatic rings. The van der Waals surface area contributed by atoms with Gasteiger partial charge in [-0.15, -0.1) is 0 Å². The number of fused-ring (bicyclic) bond motifs is 9. The third-order valence-corrected chi connectivity index (χ3v) is 16.6. The van der Waals surface area contributed by atoms with Crippen molar-refractivity contribution in [3.05, 3.63) is 140 Å². The van der Waals surface area contributed by atoms with E-state index in [2.05, 4.69) is 31.2 Å². The minimum atomic E-state index is -4.91. The number of rotatable bonds is 6. The molecule has 95 heavy (non-hydrogen) atoms. The average Bonchev–Trinajstić information content (AvgIpc) is 1.64. The predicted octanol–water partition coefficient (Wildman–Crippen LogP) is 4.90. The topological polar surface area (TPSA) is 347 Å². The molecule has 0 spiro atoms. The maximum absolute atomic E-state index is 13.6. The van der Waals surface area contributed by atoms with Crippen LogP contribution >= 0.6 is 0 Å². The summed E-state index contributed by atoms with van der Waals surface area (Å²) in [5.74, 6) is -4.07. The fraction of sp³-hybridized carbons (Fsp3) is 0.417. The Balaban J connectivity index is 0.000000155. The Hall–Kier alpha value is -10.2. The van der Waals surface area contributed by atoms with Crippen molar-refractivity contribution in [2.24, 2.45) is 0 Å². The number of urea groups is 3. The highest BCUT2D eigenvalue weighted by molar-refractivity contribution is 5.97. The molecule has 3 aromatic carbocycles. The Morgan fingerprint density at radius 1 is 0.526 bits per heavy atom. The van der Waals surface area contributed by atoms with Gasteiger partial charge >= 0.3 is 24.3 Å². The molecule has 0 fully saturated rings. The molecule has 6 atom stereocenters. The van der Waals surface area contributed by atoms with Crippen LogP contribution in [-0.2, 0) is 79.2 Å². The molecular weight excluding hydrogens is 1260 g/mol. The van der Waals surface area contributed by atoms with Gasteiger partial charge in [-0.2, -0.15) is 39.0 Å². The molecule has 0 aliphatic carbocycles. The van der Waals surface area contributed by atoms with Gasteiger partial charge in [0.1, 0.15) is 65.0 Å². The standard InChI is InChI=1S/C20H21F4N5O4.2C20H21FN6O4/c1-10-5-16-13(17-18(31)27(2)33-12(9-30)7-29(17)26-16)8-28(10)19(32)25-11-3-4-15(21)14(6-11)20(22,23)24;2*1-11-5-17-15(18-19(29)25(2)31-14(10-28)8-27(18)24-17)9-26(11)20(30)23-13-3-4-16(21)12(6-13)7-22/h3-4,6,10,12,30H,5,7-9H2,1-2H3,(H,25,32);2*3-4,6,11,14,28H,5,8-10H2,1-2H3,(H,23,30)/t10-,12-;11-,14+;11-,14-/m111/s1. The number of hydrogen-bond acceptors (Lipinski definition) is 17. The van der Waals surface area contributed by atoms with Gasteiger partial charge in [0, 0.05) is 92.3 Å². The van der Waals surface area contributed by atoms with Crippen LogP contribution in [0.4, 0.5) is 57.8 Å². The molecule has 502 valence electrons. The fourth-order valence-corrected chi connectivity index (χ4v) is 11.7. The minimum absolute atomic E-state index is 0.0195. The SMILES string of the molecule is C[C@@H]1Cc2nn3c(c2CN1C(=O)Nc1ccc(F)c(C#N)c1)C(=O)N(C)O[C@@H](CO)C3.C[C@@H]1Cc2nn3c(c2CN1C(=O)Nc1ccc(F)c(C#N)c1)C(=O)N(C)O[C@H](CO)C3.C[C@@H]1Cc2nn3c(c2CN1C(=O)Nc1ccc(F)c(C(F)(F)F)c1)C(=O)N(C)O[C@@H](CO)C3. The number of hydroxylamine groups is 6. The van der Waals surface area contributed by atoms with Crippen LogP contribution in [0.3, 0.4) is 0 Å². The zero-order valence-corrected chi connectivity index (χ0v) is 51.7. The first-order chi connectivity index (χ1) is 45.1. The number of nitrogens with one attached hydrogen (secondary N) is 3.